The summed E-state index contributed by atoms with van der Waals surface area (Å²) in [6, 6.07) is 0. The van der Waals surface area contributed by atoms with Crippen LogP contribution in [0.5, 0.6) is 0 Å². The second kappa shape index (κ2) is 2.47. The van der Waals surface area contributed by atoms with Gasteiger partial charge >= 0.3 is 5.97 Å². The van der Waals surface area contributed by atoms with Crippen molar-refractivity contribution in [1.29, 1.82) is 0 Å². The van der Waals surface area contributed by atoms with Crippen molar-refractivity contribution >= 4 is 5.97 Å². The third kappa shape index (κ3) is 1.10. The number of carbonyl (C=O) groups excluding carboxylic acids is 1. The van der Waals surface area contributed by atoms with Crippen LogP contribution in [0.15, 0.2) is 0 Å². The van der Waals surface area contributed by atoms with Crippen LogP contribution in [-0.2, 0) is 14.3 Å². The number of methoxy groups -OCH3 is 1. The Labute approximate surface area is 78.4 Å². The van der Waals surface area contributed by atoms with E-state index >= 15 is 0 Å². The molecule has 0 radical (unpaired) electrons. The Kier molecular flexibility index (Phi) is 1.71. The molecule has 0 bridgehead atoms. The van der Waals surface area contributed by atoms with Crippen molar-refractivity contribution in [2.45, 2.75) is 44.8 Å². The number of carbonyl (C=O) groups is 1. The average molecular weight is 184 g/mol. The number of esters is 1. The largest absolute Gasteiger partial charge is 0.469 e. The minimum absolute atomic E-state index is 0.00917. The SMILES string of the molecule is COC(=O)C[C@@]1(C)CCC2OC21C. The zero-order valence-electron chi connectivity index (χ0n) is 8.42. The molecular formula is C10H16O3. The molecule has 0 aromatic carbocycles. The van der Waals surface area contributed by atoms with Gasteiger partial charge in [-0.15, -0.1) is 0 Å². The average Bonchev–Trinajstić information content (AvgIpc) is 2.69. The minimum Gasteiger partial charge on any atom is -0.469 e. The molecule has 1 heterocycles. The van der Waals surface area contributed by atoms with Gasteiger partial charge in [-0.25, -0.2) is 0 Å². The van der Waals surface area contributed by atoms with E-state index in [1.54, 1.807) is 0 Å². The standard InChI is InChI=1S/C10H16O3/c1-9(6-8(11)12-3)5-4-7-10(9,2)13-7/h7H,4-6H2,1-3H3/t7?,9-,10?/m1/s1. The number of epoxide rings is 1. The predicted molar refractivity (Wildman–Crippen MR) is 47.3 cm³/mol. The molecule has 3 atom stereocenters. The Morgan fingerprint density at radius 2 is 2.31 bits per heavy atom. The molecule has 1 aliphatic carbocycles. The van der Waals surface area contributed by atoms with Gasteiger partial charge in [-0.2, -0.15) is 0 Å². The predicted octanol–water partition coefficient (Wildman–Crippen LogP) is 1.51. The lowest BCUT2D eigenvalue weighted by molar-refractivity contribution is -0.144. The van der Waals surface area contributed by atoms with E-state index in [4.69, 9.17) is 9.47 Å². The van der Waals surface area contributed by atoms with Crippen molar-refractivity contribution in [3.63, 3.8) is 0 Å². The fourth-order valence-corrected chi connectivity index (χ4v) is 2.48. The Morgan fingerprint density at radius 1 is 1.62 bits per heavy atom. The summed E-state index contributed by atoms with van der Waals surface area (Å²) < 4.78 is 10.3. The van der Waals surface area contributed by atoms with Crippen LogP contribution in [0, 0.1) is 5.41 Å². The first-order valence-electron chi connectivity index (χ1n) is 4.76. The number of hydrogen-bond acceptors (Lipinski definition) is 3. The maximum absolute atomic E-state index is 11.2. The summed E-state index contributed by atoms with van der Waals surface area (Å²) in [5.74, 6) is -0.125. The van der Waals surface area contributed by atoms with Gasteiger partial charge in [-0.1, -0.05) is 6.92 Å². The number of rotatable bonds is 2. The van der Waals surface area contributed by atoms with E-state index in [2.05, 4.69) is 13.8 Å². The highest BCUT2D eigenvalue weighted by Crippen LogP contribution is 2.62. The quantitative estimate of drug-likeness (QED) is 0.482. The molecule has 0 spiro atoms. The molecule has 1 aliphatic heterocycles. The van der Waals surface area contributed by atoms with Crippen molar-refractivity contribution in [1.82, 2.24) is 0 Å². The molecule has 1 saturated carbocycles. The molecule has 0 aromatic heterocycles. The van der Waals surface area contributed by atoms with Crippen LogP contribution in [-0.4, -0.2) is 24.8 Å². The Morgan fingerprint density at radius 3 is 2.69 bits per heavy atom. The highest BCUT2D eigenvalue weighted by molar-refractivity contribution is 5.70. The van der Waals surface area contributed by atoms with Gasteiger partial charge in [0.05, 0.1) is 25.2 Å². The summed E-state index contributed by atoms with van der Waals surface area (Å²) in [4.78, 5) is 11.2. The summed E-state index contributed by atoms with van der Waals surface area (Å²) in [7, 11) is 1.44. The van der Waals surface area contributed by atoms with Crippen LogP contribution in [0.2, 0.25) is 0 Å². The second-order valence-electron chi connectivity index (χ2n) is 4.57. The van der Waals surface area contributed by atoms with E-state index in [0.29, 0.717) is 12.5 Å². The third-order valence-corrected chi connectivity index (χ3v) is 3.86. The molecule has 2 unspecified atom stereocenters. The summed E-state index contributed by atoms with van der Waals surface area (Å²) >= 11 is 0. The molecule has 2 rings (SSSR count). The second-order valence-corrected chi connectivity index (χ2v) is 4.57. The molecule has 0 N–H and O–H groups in total. The summed E-state index contributed by atoms with van der Waals surface area (Å²) in [5, 5.41) is 0. The van der Waals surface area contributed by atoms with Gasteiger partial charge in [0.25, 0.3) is 0 Å². The normalized spacial score (nSPS) is 47.2. The van der Waals surface area contributed by atoms with Crippen LogP contribution < -0.4 is 0 Å². The zero-order valence-corrected chi connectivity index (χ0v) is 8.42. The van der Waals surface area contributed by atoms with Crippen molar-refractivity contribution in [3.8, 4) is 0 Å². The Hall–Kier alpha value is -0.570. The lowest BCUT2D eigenvalue weighted by Gasteiger charge is -2.28. The molecule has 0 amide bonds. The number of ether oxygens (including phenoxy) is 2. The Balaban J connectivity index is 2.08. The van der Waals surface area contributed by atoms with E-state index in [1.165, 1.54) is 7.11 Å². The van der Waals surface area contributed by atoms with Crippen LogP contribution >= 0.6 is 0 Å². The van der Waals surface area contributed by atoms with Crippen LogP contribution in [0.3, 0.4) is 0 Å². The van der Waals surface area contributed by atoms with Gasteiger partial charge < -0.3 is 9.47 Å². The van der Waals surface area contributed by atoms with Crippen LogP contribution in [0.25, 0.3) is 0 Å². The van der Waals surface area contributed by atoms with E-state index in [9.17, 15) is 4.79 Å². The lowest BCUT2D eigenvalue weighted by Crippen LogP contribution is -2.33. The first-order chi connectivity index (χ1) is 6.02. The molecule has 2 fully saturated rings. The number of fused-ring (bicyclic) bond motifs is 1. The highest BCUT2D eigenvalue weighted by Gasteiger charge is 2.68. The molecule has 0 aromatic rings. The Bertz CT molecular complexity index is 249. The van der Waals surface area contributed by atoms with E-state index in [-0.39, 0.29) is 17.0 Å². The molecule has 3 nitrogen and oxygen atoms in total. The van der Waals surface area contributed by atoms with E-state index < -0.39 is 0 Å². The van der Waals surface area contributed by atoms with Gasteiger partial charge in [-0.05, 0) is 19.8 Å². The van der Waals surface area contributed by atoms with E-state index in [0.717, 1.165) is 12.8 Å². The first kappa shape index (κ1) is 9.00. The van der Waals surface area contributed by atoms with Crippen LogP contribution in [0.1, 0.15) is 33.1 Å². The molecule has 2 aliphatic rings. The smallest absolute Gasteiger partial charge is 0.306 e. The fraction of sp³-hybridized carbons (Fsp3) is 0.900. The van der Waals surface area contributed by atoms with Gasteiger partial charge in [0.2, 0.25) is 0 Å². The zero-order chi connectivity index (χ0) is 9.69. The lowest BCUT2D eigenvalue weighted by atomic mass is 9.77. The molecule has 3 heteroatoms. The van der Waals surface area contributed by atoms with Gasteiger partial charge in [0.1, 0.15) is 0 Å². The summed E-state index contributed by atoms with van der Waals surface area (Å²) in [6.07, 6.45) is 3.03. The van der Waals surface area contributed by atoms with Gasteiger partial charge in [0, 0.05) is 5.41 Å². The van der Waals surface area contributed by atoms with Gasteiger partial charge in [0.15, 0.2) is 0 Å². The number of hydrogen-bond donors (Lipinski definition) is 0. The van der Waals surface area contributed by atoms with Crippen molar-refractivity contribution in [3.05, 3.63) is 0 Å². The molecule has 74 valence electrons. The minimum atomic E-state index is -0.125. The molecular weight excluding hydrogens is 168 g/mol. The van der Waals surface area contributed by atoms with Crippen molar-refractivity contribution < 1.29 is 14.3 Å². The maximum Gasteiger partial charge on any atom is 0.306 e. The summed E-state index contributed by atoms with van der Waals surface area (Å²) in [6.45, 7) is 4.23. The van der Waals surface area contributed by atoms with Gasteiger partial charge in [-0.3, -0.25) is 4.79 Å². The third-order valence-electron chi connectivity index (χ3n) is 3.86. The maximum atomic E-state index is 11.2. The fourth-order valence-electron chi connectivity index (χ4n) is 2.48. The highest BCUT2D eigenvalue weighted by atomic mass is 16.6. The topological polar surface area (TPSA) is 38.8 Å². The first-order valence-corrected chi connectivity index (χ1v) is 4.76. The van der Waals surface area contributed by atoms with E-state index in [1.807, 2.05) is 0 Å². The summed E-state index contributed by atoms with van der Waals surface area (Å²) in [5.41, 5.74) is -0.0635. The molecule has 1 saturated heterocycles. The van der Waals surface area contributed by atoms with Crippen LogP contribution in [0.4, 0.5) is 0 Å². The van der Waals surface area contributed by atoms with Crippen molar-refractivity contribution in [2.75, 3.05) is 7.11 Å². The van der Waals surface area contributed by atoms with Crippen molar-refractivity contribution in [2.24, 2.45) is 5.41 Å². The monoisotopic (exact) mass is 184 g/mol. The molecule has 13 heavy (non-hydrogen) atoms.